The molecule has 0 saturated carbocycles. The maximum Gasteiger partial charge on any atom is 0.106 e. The molecule has 0 aliphatic heterocycles. The van der Waals surface area contributed by atoms with E-state index in [1.165, 1.54) is 34.4 Å². The van der Waals surface area contributed by atoms with Crippen LogP contribution in [0.4, 0.5) is 0 Å². The van der Waals surface area contributed by atoms with Gasteiger partial charge in [0.2, 0.25) is 0 Å². The molecule has 1 aliphatic carbocycles. The number of rotatable bonds is 8. The van der Waals surface area contributed by atoms with Crippen molar-refractivity contribution in [2.24, 2.45) is 0 Å². The molecule has 0 amide bonds. The van der Waals surface area contributed by atoms with E-state index in [0.29, 0.717) is 6.04 Å². The van der Waals surface area contributed by atoms with Crippen LogP contribution in [0.15, 0.2) is 89.8 Å². The number of halogens is 1. The summed E-state index contributed by atoms with van der Waals surface area (Å²) in [7, 11) is 0. The van der Waals surface area contributed by atoms with Crippen molar-refractivity contribution >= 4 is 27.0 Å². The number of aromatic amines is 1. The van der Waals surface area contributed by atoms with Crippen LogP contribution in [0.5, 0.6) is 0 Å². The lowest BCUT2D eigenvalue weighted by Gasteiger charge is -2.25. The van der Waals surface area contributed by atoms with E-state index < -0.39 is 0 Å². The molecule has 1 unspecified atom stereocenters. The maximum absolute atomic E-state index is 4.61. The van der Waals surface area contributed by atoms with Gasteiger partial charge in [0.25, 0.3) is 0 Å². The van der Waals surface area contributed by atoms with E-state index in [1.807, 2.05) is 55.0 Å². The van der Waals surface area contributed by atoms with Crippen LogP contribution in [-0.2, 0) is 32.5 Å². The molecular formula is C32H35BrN6. The highest BCUT2D eigenvalue weighted by Gasteiger charge is 2.20. The van der Waals surface area contributed by atoms with Crippen molar-refractivity contribution in [2.75, 3.05) is 0 Å². The third kappa shape index (κ3) is 7.38. The highest BCUT2D eigenvalue weighted by molar-refractivity contribution is 9.10. The standard InChI is InChI=1S/C23H25BrN4.C9H10N2/c24-21-16-25-12-10-20(21)15-26-13-17-6-8-18(9-7-17)14-28-22-5-1-3-19-4-2-11-27-23(19)22;1-2-9-10-7-5-3-4-6-8(7)11-9/h2,4,6-12,16,22,26,28H,1,3,5,13-15H2;3-6H,2H2,1H3,(H,10,11). The Bertz CT molecular complexity index is 1450. The highest BCUT2D eigenvalue weighted by atomic mass is 79.9. The van der Waals surface area contributed by atoms with Gasteiger partial charge in [-0.2, -0.15) is 0 Å². The summed E-state index contributed by atoms with van der Waals surface area (Å²) >= 11 is 3.54. The summed E-state index contributed by atoms with van der Waals surface area (Å²) in [4.78, 5) is 16.3. The van der Waals surface area contributed by atoms with Gasteiger partial charge in [0.1, 0.15) is 5.82 Å². The lowest BCUT2D eigenvalue weighted by atomic mass is 9.92. The van der Waals surface area contributed by atoms with Gasteiger partial charge < -0.3 is 15.6 Å². The number of nitrogens with zero attached hydrogens (tertiary/aromatic N) is 3. The number of pyridine rings is 2. The molecule has 2 aromatic carbocycles. The second-order valence-electron chi connectivity index (χ2n) is 9.81. The second-order valence-corrected chi connectivity index (χ2v) is 10.7. The van der Waals surface area contributed by atoms with Crippen LogP contribution in [0.25, 0.3) is 11.0 Å². The van der Waals surface area contributed by atoms with E-state index in [9.17, 15) is 0 Å². The van der Waals surface area contributed by atoms with Crippen molar-refractivity contribution in [2.45, 2.75) is 58.3 Å². The fourth-order valence-electron chi connectivity index (χ4n) is 4.89. The van der Waals surface area contributed by atoms with E-state index in [-0.39, 0.29) is 0 Å². The van der Waals surface area contributed by atoms with Gasteiger partial charge in [0.15, 0.2) is 0 Å². The van der Waals surface area contributed by atoms with Crippen molar-refractivity contribution in [1.29, 1.82) is 0 Å². The Kier molecular flexibility index (Phi) is 9.48. The summed E-state index contributed by atoms with van der Waals surface area (Å²) in [5.41, 5.74) is 8.64. The molecule has 39 heavy (non-hydrogen) atoms. The quantitative estimate of drug-likeness (QED) is 0.187. The van der Waals surface area contributed by atoms with Crippen molar-refractivity contribution in [3.63, 3.8) is 0 Å². The lowest BCUT2D eigenvalue weighted by Crippen LogP contribution is -2.25. The number of hydrogen-bond donors (Lipinski definition) is 3. The molecular weight excluding hydrogens is 548 g/mol. The SMILES string of the molecule is Brc1cnccc1CNCc1ccc(CNC2CCCc3cccnc32)cc1.CCc1nc2ccccc2[nH]1. The minimum atomic E-state index is 0.366. The second kappa shape index (κ2) is 13.6. The number of fused-ring (bicyclic) bond motifs is 2. The summed E-state index contributed by atoms with van der Waals surface area (Å²) in [6, 6.07) is 23.6. The van der Waals surface area contributed by atoms with Crippen LogP contribution in [-0.4, -0.2) is 19.9 Å². The molecule has 0 spiro atoms. The molecule has 1 atom stereocenters. The Labute approximate surface area is 238 Å². The number of para-hydroxylation sites is 2. The van der Waals surface area contributed by atoms with Crippen LogP contribution < -0.4 is 10.6 Å². The summed E-state index contributed by atoms with van der Waals surface area (Å²) in [6.07, 6.45) is 10.1. The lowest BCUT2D eigenvalue weighted by molar-refractivity contribution is 0.447. The first-order valence-electron chi connectivity index (χ1n) is 13.7. The number of aryl methyl sites for hydroxylation is 2. The smallest absolute Gasteiger partial charge is 0.106 e. The Balaban J connectivity index is 0.000000233. The number of aromatic nitrogens is 4. The number of imidazole rings is 1. The van der Waals surface area contributed by atoms with E-state index in [4.69, 9.17) is 0 Å². The first-order chi connectivity index (χ1) is 19.2. The van der Waals surface area contributed by atoms with Crippen LogP contribution in [0.2, 0.25) is 0 Å². The minimum Gasteiger partial charge on any atom is -0.342 e. The van der Waals surface area contributed by atoms with Gasteiger partial charge in [-0.05, 0) is 81.7 Å². The molecule has 3 heterocycles. The zero-order valence-electron chi connectivity index (χ0n) is 22.3. The molecule has 6 rings (SSSR count). The number of H-pyrrole nitrogens is 1. The molecule has 200 valence electrons. The molecule has 0 fully saturated rings. The molecule has 0 saturated heterocycles. The Hall–Kier alpha value is -3.39. The zero-order chi connectivity index (χ0) is 26.9. The topological polar surface area (TPSA) is 78.5 Å². The first kappa shape index (κ1) is 27.2. The molecule has 3 aromatic heterocycles. The Morgan fingerprint density at radius 3 is 2.54 bits per heavy atom. The highest BCUT2D eigenvalue weighted by Crippen LogP contribution is 2.28. The van der Waals surface area contributed by atoms with Crippen molar-refractivity contribution in [3.05, 3.63) is 124 Å². The van der Waals surface area contributed by atoms with Gasteiger partial charge in [0, 0.05) is 49.1 Å². The summed E-state index contributed by atoms with van der Waals surface area (Å²) in [5, 5.41) is 7.19. The average molecular weight is 584 g/mol. The molecule has 0 bridgehead atoms. The number of benzene rings is 2. The van der Waals surface area contributed by atoms with Crippen molar-refractivity contribution < 1.29 is 0 Å². The first-order valence-corrected chi connectivity index (χ1v) is 14.5. The molecule has 5 aromatic rings. The van der Waals surface area contributed by atoms with Gasteiger partial charge in [-0.1, -0.05) is 49.4 Å². The summed E-state index contributed by atoms with van der Waals surface area (Å²) in [5.74, 6) is 1.06. The van der Waals surface area contributed by atoms with Crippen LogP contribution in [0, 0.1) is 0 Å². The van der Waals surface area contributed by atoms with E-state index >= 15 is 0 Å². The minimum absolute atomic E-state index is 0.366. The monoisotopic (exact) mass is 582 g/mol. The molecule has 1 aliphatic rings. The molecule has 7 heteroatoms. The van der Waals surface area contributed by atoms with E-state index in [1.54, 1.807) is 0 Å². The van der Waals surface area contributed by atoms with E-state index in [2.05, 4.69) is 83.8 Å². The number of hydrogen-bond acceptors (Lipinski definition) is 5. The summed E-state index contributed by atoms with van der Waals surface area (Å²) in [6.45, 7) is 4.64. The largest absolute Gasteiger partial charge is 0.342 e. The van der Waals surface area contributed by atoms with Gasteiger partial charge in [0.05, 0.1) is 22.8 Å². The third-order valence-corrected chi connectivity index (χ3v) is 7.76. The van der Waals surface area contributed by atoms with E-state index in [0.717, 1.165) is 60.2 Å². The molecule has 0 radical (unpaired) electrons. The van der Waals surface area contributed by atoms with Crippen LogP contribution in [0.3, 0.4) is 0 Å². The fourth-order valence-corrected chi connectivity index (χ4v) is 5.28. The molecule has 3 N–H and O–H groups in total. The predicted octanol–water partition coefficient (Wildman–Crippen LogP) is 6.82. The fraction of sp³-hybridized carbons (Fsp3) is 0.281. The van der Waals surface area contributed by atoms with Gasteiger partial charge in [-0.25, -0.2) is 4.98 Å². The van der Waals surface area contributed by atoms with Gasteiger partial charge in [-0.15, -0.1) is 0 Å². The zero-order valence-corrected chi connectivity index (χ0v) is 23.9. The van der Waals surface area contributed by atoms with Crippen LogP contribution >= 0.6 is 15.9 Å². The number of nitrogens with one attached hydrogen (secondary N) is 3. The summed E-state index contributed by atoms with van der Waals surface area (Å²) < 4.78 is 1.04. The Morgan fingerprint density at radius 1 is 0.923 bits per heavy atom. The van der Waals surface area contributed by atoms with Crippen LogP contribution in [0.1, 0.15) is 59.6 Å². The Morgan fingerprint density at radius 2 is 1.74 bits per heavy atom. The normalized spacial score (nSPS) is 14.5. The van der Waals surface area contributed by atoms with Crippen molar-refractivity contribution in [1.82, 2.24) is 30.6 Å². The van der Waals surface area contributed by atoms with Crippen molar-refractivity contribution in [3.8, 4) is 0 Å². The maximum atomic E-state index is 4.61. The van der Waals surface area contributed by atoms with Gasteiger partial charge in [-0.3, -0.25) is 9.97 Å². The van der Waals surface area contributed by atoms with Gasteiger partial charge >= 0.3 is 0 Å². The third-order valence-electron chi connectivity index (χ3n) is 7.04. The predicted molar refractivity (Wildman–Crippen MR) is 161 cm³/mol. The average Bonchev–Trinajstić information content (AvgIpc) is 3.42. The molecule has 6 nitrogen and oxygen atoms in total.